The largest absolute Gasteiger partial charge is 0.365 e. The van der Waals surface area contributed by atoms with E-state index in [9.17, 15) is 14.5 Å². The molecule has 0 bridgehead atoms. The molecule has 0 aromatic heterocycles. The molecule has 0 heterocycles. The lowest BCUT2D eigenvalue weighted by atomic mass is 10.2. The molecular formula is C8H9FN4O2. The van der Waals surface area contributed by atoms with Crippen molar-refractivity contribution < 1.29 is 9.42 Å². The summed E-state index contributed by atoms with van der Waals surface area (Å²) < 4.78 is 12.5. The molecule has 1 aromatic rings. The number of nitro groups is 1. The molecule has 0 spiro atoms. The third kappa shape index (κ3) is 4.03. The predicted molar refractivity (Wildman–Crippen MR) is 51.9 cm³/mol. The number of hydrogen-bond acceptors (Lipinski definition) is 3. The Hall–Kier alpha value is -2.18. The summed E-state index contributed by atoms with van der Waals surface area (Å²) in [5.41, 5.74) is 7.59. The van der Waals surface area contributed by atoms with Crippen LogP contribution in [0, 0.1) is 15.9 Å². The average Bonchev–Trinajstić information content (AvgIpc) is 2.16. The lowest BCUT2D eigenvalue weighted by molar-refractivity contribution is -0.525. The van der Waals surface area contributed by atoms with Crippen molar-refractivity contribution in [2.45, 2.75) is 6.54 Å². The van der Waals surface area contributed by atoms with Crippen LogP contribution in [0.2, 0.25) is 0 Å². The fourth-order valence-corrected chi connectivity index (χ4v) is 0.895. The van der Waals surface area contributed by atoms with Gasteiger partial charge in [0, 0.05) is 0 Å². The standard InChI is InChI=1S/C8H9FN4O2/c9-7-3-1-6(2-4-7)5-11-8(10)12-13(14)15/h1-4H,5H2,(H3,10,11,12). The first-order valence-electron chi connectivity index (χ1n) is 4.03. The SMILES string of the molecule is NC(=NCc1ccc(F)cc1)N[N+](=O)[O-]. The molecule has 0 radical (unpaired) electrons. The molecule has 3 N–H and O–H groups in total. The highest BCUT2D eigenvalue weighted by atomic mass is 19.1. The zero-order valence-corrected chi connectivity index (χ0v) is 7.68. The van der Waals surface area contributed by atoms with Gasteiger partial charge in [-0.1, -0.05) is 17.6 Å². The summed E-state index contributed by atoms with van der Waals surface area (Å²) in [7, 11) is 0. The van der Waals surface area contributed by atoms with Gasteiger partial charge in [0.05, 0.1) is 6.54 Å². The number of guanidine groups is 1. The molecule has 1 aromatic carbocycles. The van der Waals surface area contributed by atoms with Crippen LogP contribution in [0.5, 0.6) is 0 Å². The molecule has 0 saturated carbocycles. The first-order chi connectivity index (χ1) is 7.08. The number of nitrogens with two attached hydrogens (primary N) is 1. The summed E-state index contributed by atoms with van der Waals surface area (Å²) in [6.07, 6.45) is 0. The summed E-state index contributed by atoms with van der Waals surface area (Å²) in [6, 6.07) is 5.61. The first kappa shape index (κ1) is 10.9. The minimum Gasteiger partial charge on any atom is -0.365 e. The van der Waals surface area contributed by atoms with E-state index < -0.39 is 5.03 Å². The van der Waals surface area contributed by atoms with Gasteiger partial charge >= 0.3 is 0 Å². The third-order valence-electron chi connectivity index (χ3n) is 1.55. The first-order valence-corrected chi connectivity index (χ1v) is 4.03. The molecule has 15 heavy (non-hydrogen) atoms. The van der Waals surface area contributed by atoms with Gasteiger partial charge < -0.3 is 5.73 Å². The second-order valence-electron chi connectivity index (χ2n) is 2.70. The lowest BCUT2D eigenvalue weighted by Gasteiger charge is -1.97. The van der Waals surface area contributed by atoms with E-state index in [4.69, 9.17) is 5.73 Å². The second kappa shape index (κ2) is 4.89. The number of hydrazine groups is 1. The van der Waals surface area contributed by atoms with E-state index in [1.807, 2.05) is 0 Å². The highest BCUT2D eigenvalue weighted by Crippen LogP contribution is 2.03. The molecule has 0 aliphatic rings. The maximum atomic E-state index is 12.5. The zero-order valence-electron chi connectivity index (χ0n) is 7.68. The van der Waals surface area contributed by atoms with Gasteiger partial charge in [-0.05, 0) is 17.7 Å². The van der Waals surface area contributed by atoms with Crippen LogP contribution in [0.15, 0.2) is 29.3 Å². The second-order valence-corrected chi connectivity index (χ2v) is 2.70. The molecule has 6 nitrogen and oxygen atoms in total. The van der Waals surface area contributed by atoms with E-state index in [0.717, 1.165) is 0 Å². The fraction of sp³-hybridized carbons (Fsp3) is 0.125. The van der Waals surface area contributed by atoms with E-state index >= 15 is 0 Å². The summed E-state index contributed by atoms with van der Waals surface area (Å²) in [4.78, 5) is 13.6. The molecule has 1 rings (SSSR count). The Labute approximate surface area is 84.7 Å². The van der Waals surface area contributed by atoms with Crippen molar-refractivity contribution in [3.63, 3.8) is 0 Å². The molecular weight excluding hydrogens is 203 g/mol. The van der Waals surface area contributed by atoms with Crippen molar-refractivity contribution in [1.82, 2.24) is 5.43 Å². The molecule has 0 aliphatic heterocycles. The quantitative estimate of drug-likeness (QED) is 0.328. The van der Waals surface area contributed by atoms with Crippen molar-refractivity contribution in [2.24, 2.45) is 10.7 Å². The van der Waals surface area contributed by atoms with Crippen LogP contribution in [0.4, 0.5) is 4.39 Å². The Bertz CT molecular complexity index is 377. The number of rotatable bonds is 3. The van der Waals surface area contributed by atoms with Gasteiger partial charge in [0.15, 0.2) is 5.03 Å². The maximum Gasteiger partial charge on any atom is 0.251 e. The van der Waals surface area contributed by atoms with Crippen molar-refractivity contribution in [3.8, 4) is 0 Å². The molecule has 0 unspecified atom stereocenters. The monoisotopic (exact) mass is 212 g/mol. The van der Waals surface area contributed by atoms with E-state index in [0.29, 0.717) is 5.56 Å². The number of hydrogen-bond donors (Lipinski definition) is 2. The molecule has 0 aliphatic carbocycles. The summed E-state index contributed by atoms with van der Waals surface area (Å²) in [5, 5.41) is 9.15. The molecule has 7 heteroatoms. The summed E-state index contributed by atoms with van der Waals surface area (Å²) in [5.74, 6) is -0.636. The lowest BCUT2D eigenvalue weighted by Crippen LogP contribution is -2.36. The summed E-state index contributed by atoms with van der Waals surface area (Å²) >= 11 is 0. The number of nitrogens with zero attached hydrogens (tertiary/aromatic N) is 2. The van der Waals surface area contributed by atoms with Gasteiger partial charge in [-0.3, -0.25) is 0 Å². The van der Waals surface area contributed by atoms with Crippen LogP contribution in [-0.4, -0.2) is 11.0 Å². The van der Waals surface area contributed by atoms with Crippen LogP contribution in [0.1, 0.15) is 5.56 Å². The number of benzene rings is 1. The smallest absolute Gasteiger partial charge is 0.251 e. The topological polar surface area (TPSA) is 93.5 Å². The minimum atomic E-state index is -0.802. The van der Waals surface area contributed by atoms with Gasteiger partial charge in [0.25, 0.3) is 5.96 Å². The Balaban J connectivity index is 2.55. The molecule has 0 saturated heterocycles. The highest BCUT2D eigenvalue weighted by molar-refractivity contribution is 5.76. The summed E-state index contributed by atoms with van der Waals surface area (Å²) in [6.45, 7) is 0.160. The number of nitrogens with one attached hydrogen (secondary N) is 1. The van der Waals surface area contributed by atoms with Gasteiger partial charge in [-0.15, -0.1) is 0 Å². The Morgan fingerprint density at radius 2 is 2.13 bits per heavy atom. The fourth-order valence-electron chi connectivity index (χ4n) is 0.895. The Kier molecular flexibility index (Phi) is 3.55. The number of aliphatic imine (C=N–C) groups is 1. The van der Waals surface area contributed by atoms with Crippen LogP contribution in [0.25, 0.3) is 0 Å². The van der Waals surface area contributed by atoms with Crippen molar-refractivity contribution >= 4 is 5.96 Å². The normalized spacial score (nSPS) is 11.1. The minimum absolute atomic E-state index is 0.160. The van der Waals surface area contributed by atoms with Crippen molar-refractivity contribution in [1.29, 1.82) is 0 Å². The van der Waals surface area contributed by atoms with E-state index in [1.165, 1.54) is 24.3 Å². The van der Waals surface area contributed by atoms with E-state index in [-0.39, 0.29) is 18.3 Å². The maximum absolute atomic E-state index is 12.5. The third-order valence-corrected chi connectivity index (χ3v) is 1.55. The molecule has 80 valence electrons. The molecule has 0 fully saturated rings. The zero-order chi connectivity index (χ0) is 11.3. The van der Waals surface area contributed by atoms with Crippen LogP contribution in [-0.2, 0) is 6.54 Å². The molecule has 0 amide bonds. The van der Waals surface area contributed by atoms with Crippen LogP contribution >= 0.6 is 0 Å². The Morgan fingerprint density at radius 1 is 1.53 bits per heavy atom. The van der Waals surface area contributed by atoms with Crippen LogP contribution < -0.4 is 11.2 Å². The highest BCUT2D eigenvalue weighted by Gasteiger charge is 1.98. The van der Waals surface area contributed by atoms with Gasteiger partial charge in [0.2, 0.25) is 0 Å². The van der Waals surface area contributed by atoms with Crippen molar-refractivity contribution in [2.75, 3.05) is 0 Å². The van der Waals surface area contributed by atoms with E-state index in [2.05, 4.69) is 4.99 Å². The Morgan fingerprint density at radius 3 is 2.67 bits per heavy atom. The van der Waals surface area contributed by atoms with Crippen LogP contribution in [0.3, 0.4) is 0 Å². The number of halogens is 1. The van der Waals surface area contributed by atoms with Crippen molar-refractivity contribution in [3.05, 3.63) is 45.8 Å². The molecule has 0 atom stereocenters. The van der Waals surface area contributed by atoms with Gasteiger partial charge in [-0.2, -0.15) is 0 Å². The van der Waals surface area contributed by atoms with Gasteiger partial charge in [-0.25, -0.2) is 19.5 Å². The van der Waals surface area contributed by atoms with E-state index in [1.54, 1.807) is 5.43 Å². The van der Waals surface area contributed by atoms with Gasteiger partial charge in [0.1, 0.15) is 5.82 Å². The predicted octanol–water partition coefficient (Wildman–Crippen LogP) is 0.422. The average molecular weight is 212 g/mol.